The summed E-state index contributed by atoms with van der Waals surface area (Å²) < 4.78 is 29.1. The van der Waals surface area contributed by atoms with Gasteiger partial charge in [-0.25, -0.2) is 8.42 Å². The number of benzene rings is 3. The van der Waals surface area contributed by atoms with Crippen LogP contribution in [0.3, 0.4) is 0 Å². The Morgan fingerprint density at radius 1 is 1.03 bits per heavy atom. The summed E-state index contributed by atoms with van der Waals surface area (Å²) in [5.74, 6) is -0.949. The quantitative estimate of drug-likeness (QED) is 0.253. The Labute approximate surface area is 221 Å². The lowest BCUT2D eigenvalue weighted by Gasteiger charge is -2.20. The summed E-state index contributed by atoms with van der Waals surface area (Å²) in [6.45, 7) is 7.89. The molecule has 9 heteroatoms. The van der Waals surface area contributed by atoms with Crippen molar-refractivity contribution in [1.29, 1.82) is 5.26 Å². The molecular formula is C28H26ClN3O4S. The van der Waals surface area contributed by atoms with E-state index in [0.29, 0.717) is 16.7 Å². The zero-order valence-electron chi connectivity index (χ0n) is 20.7. The highest BCUT2D eigenvalue weighted by atomic mass is 35.5. The summed E-state index contributed by atoms with van der Waals surface area (Å²) in [6.07, 6.45) is 2.99. The highest BCUT2D eigenvalue weighted by Crippen LogP contribution is 2.46. The second-order valence-electron chi connectivity index (χ2n) is 9.90. The molecule has 0 fully saturated rings. The van der Waals surface area contributed by atoms with Crippen molar-refractivity contribution in [2.24, 2.45) is 0 Å². The van der Waals surface area contributed by atoms with Crippen molar-refractivity contribution in [2.45, 2.75) is 43.9 Å². The molecule has 0 bridgehead atoms. The number of rotatable bonds is 5. The van der Waals surface area contributed by atoms with Crippen LogP contribution in [0.1, 0.15) is 55.9 Å². The SMILES string of the molecule is CC(c1cncc(C#N)c1)c1cc(O)c2c(Cl)ccc(NS(=O)(=O)c3ccc(C(C)(C)C)cc3)c2c1O. The van der Waals surface area contributed by atoms with Crippen molar-refractivity contribution in [2.75, 3.05) is 4.72 Å². The molecule has 0 aliphatic rings. The van der Waals surface area contributed by atoms with Gasteiger partial charge in [0.1, 0.15) is 17.6 Å². The number of nitriles is 1. The Bertz CT molecular complexity index is 1650. The van der Waals surface area contributed by atoms with Crippen LogP contribution in [0.5, 0.6) is 11.5 Å². The van der Waals surface area contributed by atoms with Gasteiger partial charge in [0.15, 0.2) is 0 Å². The highest BCUT2D eigenvalue weighted by Gasteiger charge is 2.24. The molecule has 3 aromatic carbocycles. The molecule has 1 unspecified atom stereocenters. The fraction of sp³-hybridized carbons (Fsp3) is 0.214. The Kier molecular flexibility index (Phi) is 6.80. The van der Waals surface area contributed by atoms with E-state index in [9.17, 15) is 23.9 Å². The number of phenols is 2. The number of halogens is 1. The number of pyridine rings is 1. The number of fused-ring (bicyclic) bond motifs is 1. The van der Waals surface area contributed by atoms with E-state index in [4.69, 9.17) is 11.6 Å². The van der Waals surface area contributed by atoms with Gasteiger partial charge in [0.2, 0.25) is 0 Å². The van der Waals surface area contributed by atoms with Gasteiger partial charge in [-0.15, -0.1) is 0 Å². The first kappa shape index (κ1) is 26.3. The molecule has 4 rings (SSSR count). The van der Waals surface area contributed by atoms with Gasteiger partial charge < -0.3 is 10.2 Å². The topological polar surface area (TPSA) is 123 Å². The summed E-state index contributed by atoms with van der Waals surface area (Å²) in [5, 5.41) is 31.7. The molecule has 7 nitrogen and oxygen atoms in total. The van der Waals surface area contributed by atoms with E-state index < -0.39 is 15.9 Å². The first-order chi connectivity index (χ1) is 17.3. The second kappa shape index (κ2) is 9.58. The van der Waals surface area contributed by atoms with Crippen LogP contribution in [0.2, 0.25) is 5.02 Å². The lowest BCUT2D eigenvalue weighted by Crippen LogP contribution is -2.15. The lowest BCUT2D eigenvalue weighted by molar-refractivity contribution is 0.462. The molecular weight excluding hydrogens is 510 g/mol. The molecule has 190 valence electrons. The third kappa shape index (κ3) is 5.06. The lowest BCUT2D eigenvalue weighted by atomic mass is 9.87. The second-order valence-corrected chi connectivity index (χ2v) is 12.0. The van der Waals surface area contributed by atoms with Crippen LogP contribution in [-0.2, 0) is 15.4 Å². The van der Waals surface area contributed by atoms with Crippen molar-refractivity contribution in [3.63, 3.8) is 0 Å². The molecule has 0 aliphatic carbocycles. The maximum Gasteiger partial charge on any atom is 0.261 e. The van der Waals surface area contributed by atoms with Gasteiger partial charge in [-0.1, -0.05) is 51.4 Å². The van der Waals surface area contributed by atoms with Crippen LogP contribution in [0.25, 0.3) is 10.8 Å². The largest absolute Gasteiger partial charge is 0.507 e. The molecule has 1 aromatic heterocycles. The first-order valence-electron chi connectivity index (χ1n) is 11.5. The Balaban J connectivity index is 1.84. The van der Waals surface area contributed by atoms with Gasteiger partial charge in [0, 0.05) is 29.3 Å². The zero-order valence-corrected chi connectivity index (χ0v) is 22.3. The first-order valence-corrected chi connectivity index (χ1v) is 13.3. The van der Waals surface area contributed by atoms with Crippen molar-refractivity contribution < 1.29 is 18.6 Å². The minimum atomic E-state index is -4.04. The Hall–Kier alpha value is -3.80. The van der Waals surface area contributed by atoms with Crippen molar-refractivity contribution in [3.05, 3.63) is 88.2 Å². The highest BCUT2D eigenvalue weighted by molar-refractivity contribution is 7.92. The summed E-state index contributed by atoms with van der Waals surface area (Å²) in [4.78, 5) is 4.12. The predicted molar refractivity (Wildman–Crippen MR) is 145 cm³/mol. The molecule has 37 heavy (non-hydrogen) atoms. The van der Waals surface area contributed by atoms with E-state index in [1.807, 2.05) is 26.8 Å². The van der Waals surface area contributed by atoms with Crippen LogP contribution in [0.15, 0.2) is 65.8 Å². The number of phenolic OH excluding ortho intramolecular Hbond substituents is 2. The molecule has 0 amide bonds. The van der Waals surface area contributed by atoms with E-state index in [2.05, 4.69) is 9.71 Å². The number of aromatic nitrogens is 1. The normalized spacial score (nSPS) is 12.8. The fourth-order valence-electron chi connectivity index (χ4n) is 4.19. The van der Waals surface area contributed by atoms with E-state index in [-0.39, 0.29) is 43.3 Å². The number of aromatic hydroxyl groups is 2. The third-order valence-electron chi connectivity index (χ3n) is 6.34. The van der Waals surface area contributed by atoms with Gasteiger partial charge in [0.25, 0.3) is 10.0 Å². The van der Waals surface area contributed by atoms with Crippen molar-refractivity contribution in [3.8, 4) is 17.6 Å². The summed E-state index contributed by atoms with van der Waals surface area (Å²) in [5.41, 5.74) is 2.21. The number of anilines is 1. The number of sulfonamides is 1. The van der Waals surface area contributed by atoms with Crippen LogP contribution in [0.4, 0.5) is 5.69 Å². The van der Waals surface area contributed by atoms with Crippen molar-refractivity contribution in [1.82, 2.24) is 4.98 Å². The van der Waals surface area contributed by atoms with E-state index in [1.54, 1.807) is 31.3 Å². The zero-order chi connectivity index (χ0) is 27.1. The van der Waals surface area contributed by atoms with E-state index >= 15 is 0 Å². The van der Waals surface area contributed by atoms with Gasteiger partial charge in [-0.3, -0.25) is 9.71 Å². The number of hydrogen-bond donors (Lipinski definition) is 3. The molecule has 1 atom stereocenters. The average Bonchev–Trinajstić information content (AvgIpc) is 2.86. The minimum absolute atomic E-state index is 0.0521. The molecule has 0 saturated heterocycles. The van der Waals surface area contributed by atoms with Gasteiger partial charge in [0.05, 0.1) is 26.6 Å². The summed E-state index contributed by atoms with van der Waals surface area (Å²) >= 11 is 6.35. The van der Waals surface area contributed by atoms with Crippen LogP contribution in [-0.4, -0.2) is 23.6 Å². The molecule has 3 N–H and O–H groups in total. The monoisotopic (exact) mass is 535 g/mol. The van der Waals surface area contributed by atoms with E-state index in [1.165, 1.54) is 36.5 Å². The third-order valence-corrected chi connectivity index (χ3v) is 8.04. The Morgan fingerprint density at radius 2 is 1.70 bits per heavy atom. The molecule has 4 aromatic rings. The molecule has 0 spiro atoms. The van der Waals surface area contributed by atoms with Gasteiger partial charge in [-0.05, 0) is 52.9 Å². The Morgan fingerprint density at radius 3 is 2.32 bits per heavy atom. The van der Waals surface area contributed by atoms with E-state index in [0.717, 1.165) is 5.56 Å². The minimum Gasteiger partial charge on any atom is -0.507 e. The fourth-order valence-corrected chi connectivity index (χ4v) is 5.52. The van der Waals surface area contributed by atoms with Crippen molar-refractivity contribution >= 4 is 38.1 Å². The number of hydrogen-bond acceptors (Lipinski definition) is 6. The average molecular weight is 536 g/mol. The summed E-state index contributed by atoms with van der Waals surface area (Å²) in [6, 6.07) is 14.5. The molecule has 0 radical (unpaired) electrons. The van der Waals surface area contributed by atoms with Crippen LogP contribution < -0.4 is 4.72 Å². The van der Waals surface area contributed by atoms with Gasteiger partial charge in [-0.2, -0.15) is 5.26 Å². The molecule has 0 aliphatic heterocycles. The smallest absolute Gasteiger partial charge is 0.261 e. The summed E-state index contributed by atoms with van der Waals surface area (Å²) in [7, 11) is -4.04. The van der Waals surface area contributed by atoms with Crippen LogP contribution >= 0.6 is 11.6 Å². The predicted octanol–water partition coefficient (Wildman–Crippen LogP) is 6.42. The maximum atomic E-state index is 13.3. The number of nitrogens with one attached hydrogen (secondary N) is 1. The van der Waals surface area contributed by atoms with Gasteiger partial charge >= 0.3 is 0 Å². The number of nitrogens with zero attached hydrogens (tertiary/aromatic N) is 2. The van der Waals surface area contributed by atoms with Crippen LogP contribution in [0, 0.1) is 11.3 Å². The molecule has 1 heterocycles. The molecule has 0 saturated carbocycles. The standard InChI is InChI=1S/C28H26ClN3O4S/c1-16(18-11-17(13-30)14-31-15-18)21-12-24(33)25-22(29)9-10-23(26(25)27(21)34)32-37(35,36)20-7-5-19(6-8-20)28(2,3)4/h5-12,14-16,32-34H,1-4H3. The maximum absolute atomic E-state index is 13.3.